The Labute approximate surface area is 104 Å². The summed E-state index contributed by atoms with van der Waals surface area (Å²) in [5.74, 6) is -0.391. The number of rotatable bonds is 3. The van der Waals surface area contributed by atoms with E-state index in [1.807, 2.05) is 30.3 Å². The van der Waals surface area contributed by atoms with Crippen LogP contribution in [0.1, 0.15) is 17.4 Å². The van der Waals surface area contributed by atoms with Gasteiger partial charge in [0.2, 0.25) is 0 Å². The summed E-state index contributed by atoms with van der Waals surface area (Å²) in [6, 6.07) is 11.3. The molecule has 0 aliphatic rings. The Kier molecular flexibility index (Phi) is 3.49. The molecule has 4 heteroatoms. The fraction of sp³-hybridized carbons (Fsp3) is 0.154. The number of aromatic nitrogens is 1. The lowest BCUT2D eigenvalue weighted by Gasteiger charge is -2.03. The van der Waals surface area contributed by atoms with Crippen molar-refractivity contribution >= 4 is 17.6 Å². The molecule has 1 aromatic heterocycles. The maximum absolute atomic E-state index is 11.7. The van der Waals surface area contributed by atoms with Gasteiger partial charge >= 0.3 is 5.97 Å². The summed E-state index contributed by atoms with van der Waals surface area (Å²) in [5, 5.41) is 0.423. The van der Waals surface area contributed by atoms with Crippen LogP contribution in [0.4, 0.5) is 0 Å². The summed E-state index contributed by atoms with van der Waals surface area (Å²) in [7, 11) is 0. The molecule has 1 heterocycles. The van der Waals surface area contributed by atoms with Crippen LogP contribution in [0.3, 0.4) is 0 Å². The lowest BCUT2D eigenvalue weighted by Crippen LogP contribution is -2.06. The molecule has 0 unspecified atom stereocenters. The average Bonchev–Trinajstić information content (AvgIpc) is 2.73. The topological polar surface area (TPSA) is 42.1 Å². The zero-order chi connectivity index (χ0) is 12.3. The van der Waals surface area contributed by atoms with Crippen molar-refractivity contribution in [2.24, 2.45) is 0 Å². The molecule has 2 aromatic rings. The van der Waals surface area contributed by atoms with E-state index in [-0.39, 0.29) is 0 Å². The number of carbonyl (C=O) groups excluding carboxylic acids is 1. The van der Waals surface area contributed by atoms with Gasteiger partial charge in [0, 0.05) is 5.56 Å². The first-order valence-electron chi connectivity index (χ1n) is 5.33. The van der Waals surface area contributed by atoms with E-state index in [2.05, 4.69) is 4.98 Å². The van der Waals surface area contributed by atoms with Gasteiger partial charge in [0.25, 0.3) is 0 Å². The van der Waals surface area contributed by atoms with Crippen LogP contribution in [0.15, 0.2) is 36.4 Å². The van der Waals surface area contributed by atoms with Crippen molar-refractivity contribution in [1.82, 2.24) is 4.98 Å². The zero-order valence-corrected chi connectivity index (χ0v) is 10.1. The summed E-state index contributed by atoms with van der Waals surface area (Å²) in [5.41, 5.74) is 2.08. The summed E-state index contributed by atoms with van der Waals surface area (Å²) < 4.78 is 4.97. The van der Waals surface area contributed by atoms with Crippen molar-refractivity contribution < 1.29 is 9.53 Å². The number of aromatic amines is 1. The van der Waals surface area contributed by atoms with Crippen molar-refractivity contribution in [1.29, 1.82) is 0 Å². The Hall–Kier alpha value is -1.74. The third-order valence-corrected chi connectivity index (χ3v) is 2.55. The summed E-state index contributed by atoms with van der Waals surface area (Å²) in [6.45, 7) is 2.11. The second-order valence-corrected chi connectivity index (χ2v) is 3.90. The van der Waals surface area contributed by atoms with Gasteiger partial charge in [-0.25, -0.2) is 4.79 Å². The molecular formula is C13H12ClNO2. The molecule has 0 atom stereocenters. The largest absolute Gasteiger partial charge is 0.461 e. The SMILES string of the molecule is CCOC(=O)c1[nH]c(Cl)cc1-c1ccccc1. The molecule has 3 nitrogen and oxygen atoms in total. The Morgan fingerprint density at radius 2 is 2.06 bits per heavy atom. The van der Waals surface area contributed by atoms with Crippen molar-refractivity contribution in [2.45, 2.75) is 6.92 Å². The highest BCUT2D eigenvalue weighted by Gasteiger charge is 2.16. The fourth-order valence-electron chi connectivity index (χ4n) is 1.63. The Balaban J connectivity index is 2.44. The second kappa shape index (κ2) is 5.06. The lowest BCUT2D eigenvalue weighted by molar-refractivity contribution is 0.0521. The van der Waals surface area contributed by atoms with Gasteiger partial charge in [-0.15, -0.1) is 0 Å². The number of halogens is 1. The molecule has 1 N–H and O–H groups in total. The number of H-pyrrole nitrogens is 1. The van der Waals surface area contributed by atoms with E-state index >= 15 is 0 Å². The van der Waals surface area contributed by atoms with E-state index in [0.29, 0.717) is 17.5 Å². The number of nitrogens with one attached hydrogen (secondary N) is 1. The molecule has 0 aliphatic heterocycles. The first kappa shape index (κ1) is 11.7. The molecular weight excluding hydrogens is 238 g/mol. The van der Waals surface area contributed by atoms with E-state index in [0.717, 1.165) is 11.1 Å². The predicted molar refractivity (Wildman–Crippen MR) is 67.2 cm³/mol. The van der Waals surface area contributed by atoms with E-state index in [9.17, 15) is 4.79 Å². The molecule has 0 bridgehead atoms. The molecule has 0 saturated heterocycles. The number of hydrogen-bond donors (Lipinski definition) is 1. The minimum absolute atomic E-state index is 0.337. The Morgan fingerprint density at radius 1 is 1.35 bits per heavy atom. The zero-order valence-electron chi connectivity index (χ0n) is 9.37. The van der Waals surface area contributed by atoms with Gasteiger partial charge in [-0.2, -0.15) is 0 Å². The maximum Gasteiger partial charge on any atom is 0.355 e. The highest BCUT2D eigenvalue weighted by Crippen LogP contribution is 2.27. The van der Waals surface area contributed by atoms with Gasteiger partial charge in [0.05, 0.1) is 6.61 Å². The molecule has 1 aromatic carbocycles. The van der Waals surface area contributed by atoms with E-state index < -0.39 is 5.97 Å². The van der Waals surface area contributed by atoms with Crippen LogP contribution in [0.25, 0.3) is 11.1 Å². The quantitative estimate of drug-likeness (QED) is 0.846. The van der Waals surface area contributed by atoms with Crippen molar-refractivity contribution in [3.8, 4) is 11.1 Å². The molecule has 0 spiro atoms. The van der Waals surface area contributed by atoms with Crippen LogP contribution >= 0.6 is 11.6 Å². The summed E-state index contributed by atoms with van der Waals surface area (Å²) >= 11 is 5.90. The number of ether oxygens (including phenoxy) is 1. The van der Waals surface area contributed by atoms with Gasteiger partial charge in [-0.1, -0.05) is 41.9 Å². The predicted octanol–water partition coefficient (Wildman–Crippen LogP) is 3.51. The molecule has 0 aliphatic carbocycles. The monoisotopic (exact) mass is 249 g/mol. The number of carbonyl (C=O) groups is 1. The van der Waals surface area contributed by atoms with Gasteiger partial charge in [-0.05, 0) is 18.6 Å². The third kappa shape index (κ3) is 2.50. The number of esters is 1. The molecule has 88 valence electrons. The Morgan fingerprint density at radius 3 is 2.71 bits per heavy atom. The van der Waals surface area contributed by atoms with Crippen LogP contribution in [0, 0.1) is 0 Å². The maximum atomic E-state index is 11.7. The average molecular weight is 250 g/mol. The minimum atomic E-state index is -0.391. The first-order valence-corrected chi connectivity index (χ1v) is 5.71. The number of hydrogen-bond acceptors (Lipinski definition) is 2. The number of benzene rings is 1. The normalized spacial score (nSPS) is 10.2. The van der Waals surface area contributed by atoms with Gasteiger partial charge < -0.3 is 9.72 Å². The van der Waals surface area contributed by atoms with Crippen LogP contribution < -0.4 is 0 Å². The molecule has 0 saturated carbocycles. The molecule has 0 amide bonds. The second-order valence-electron chi connectivity index (χ2n) is 3.49. The molecule has 17 heavy (non-hydrogen) atoms. The smallest absolute Gasteiger partial charge is 0.355 e. The first-order chi connectivity index (χ1) is 8.22. The lowest BCUT2D eigenvalue weighted by atomic mass is 10.1. The highest BCUT2D eigenvalue weighted by atomic mass is 35.5. The van der Waals surface area contributed by atoms with Crippen molar-refractivity contribution in [2.75, 3.05) is 6.61 Å². The van der Waals surface area contributed by atoms with E-state index in [1.54, 1.807) is 13.0 Å². The standard InChI is InChI=1S/C13H12ClNO2/c1-2-17-13(16)12-10(8-11(14)15-12)9-6-4-3-5-7-9/h3-8,15H,2H2,1H3. The van der Waals surface area contributed by atoms with Crippen LogP contribution in [-0.4, -0.2) is 17.6 Å². The van der Waals surface area contributed by atoms with Crippen LogP contribution in [0.5, 0.6) is 0 Å². The summed E-state index contributed by atoms with van der Waals surface area (Å²) in [6.07, 6.45) is 0. The Bertz CT molecular complexity index is 519. The molecule has 2 rings (SSSR count). The van der Waals surface area contributed by atoms with Gasteiger partial charge in [0.1, 0.15) is 10.8 Å². The van der Waals surface area contributed by atoms with Crippen molar-refractivity contribution in [3.05, 3.63) is 47.2 Å². The van der Waals surface area contributed by atoms with E-state index in [1.165, 1.54) is 0 Å². The van der Waals surface area contributed by atoms with Gasteiger partial charge in [-0.3, -0.25) is 0 Å². The van der Waals surface area contributed by atoms with Crippen molar-refractivity contribution in [3.63, 3.8) is 0 Å². The molecule has 0 radical (unpaired) electrons. The highest BCUT2D eigenvalue weighted by molar-refractivity contribution is 6.30. The van der Waals surface area contributed by atoms with Crippen LogP contribution in [-0.2, 0) is 4.74 Å². The van der Waals surface area contributed by atoms with E-state index in [4.69, 9.17) is 16.3 Å². The third-order valence-electron chi connectivity index (χ3n) is 2.35. The fourth-order valence-corrected chi connectivity index (χ4v) is 1.83. The van der Waals surface area contributed by atoms with Gasteiger partial charge in [0.15, 0.2) is 0 Å². The molecule has 0 fully saturated rings. The minimum Gasteiger partial charge on any atom is -0.461 e. The summed E-state index contributed by atoms with van der Waals surface area (Å²) in [4.78, 5) is 14.6. The van der Waals surface area contributed by atoms with Crippen LogP contribution in [0.2, 0.25) is 5.15 Å².